The summed E-state index contributed by atoms with van der Waals surface area (Å²) >= 11 is 0. The number of ether oxygens (including phenoxy) is 2. The molecule has 1 saturated heterocycles. The van der Waals surface area contributed by atoms with Gasteiger partial charge in [0, 0.05) is 0 Å². The maximum Gasteiger partial charge on any atom is 0.510 e. The van der Waals surface area contributed by atoms with E-state index in [2.05, 4.69) is 5.32 Å². The summed E-state index contributed by atoms with van der Waals surface area (Å²) in [5.74, 6) is 0. The van der Waals surface area contributed by atoms with E-state index in [0.29, 0.717) is 0 Å². The molecule has 0 saturated carbocycles. The van der Waals surface area contributed by atoms with E-state index >= 15 is 0 Å². The molecule has 0 bridgehead atoms. The number of rotatable bonds is 3. The predicted molar refractivity (Wildman–Crippen MR) is 48.3 cm³/mol. The SMILES string of the molecule is CCC(C)OC(=O)OC1CCCN1. The number of carbonyl (C=O) groups excluding carboxylic acids is 1. The maximum atomic E-state index is 11.1. The summed E-state index contributed by atoms with van der Waals surface area (Å²) in [7, 11) is 0. The van der Waals surface area contributed by atoms with E-state index in [1.54, 1.807) is 0 Å². The van der Waals surface area contributed by atoms with Crippen LogP contribution < -0.4 is 5.32 Å². The first kappa shape index (κ1) is 10.3. The second-order valence-corrected chi connectivity index (χ2v) is 3.29. The van der Waals surface area contributed by atoms with Crippen molar-refractivity contribution in [3.05, 3.63) is 0 Å². The summed E-state index contributed by atoms with van der Waals surface area (Å²) in [6, 6.07) is 0. The minimum Gasteiger partial charge on any atom is -0.431 e. The molecule has 1 heterocycles. The van der Waals surface area contributed by atoms with Gasteiger partial charge in [-0.25, -0.2) is 4.79 Å². The highest BCUT2D eigenvalue weighted by Gasteiger charge is 2.19. The molecule has 0 spiro atoms. The molecule has 1 aliphatic heterocycles. The van der Waals surface area contributed by atoms with Gasteiger partial charge in [-0.05, 0) is 32.7 Å². The third-order valence-corrected chi connectivity index (χ3v) is 2.13. The van der Waals surface area contributed by atoms with Crippen LogP contribution in [0.15, 0.2) is 0 Å². The lowest BCUT2D eigenvalue weighted by atomic mass is 10.3. The summed E-state index contributed by atoms with van der Waals surface area (Å²) in [6.45, 7) is 4.73. The zero-order valence-corrected chi connectivity index (χ0v) is 8.21. The number of hydrogen-bond donors (Lipinski definition) is 1. The highest BCUT2D eigenvalue weighted by atomic mass is 16.7. The van der Waals surface area contributed by atoms with E-state index in [4.69, 9.17) is 9.47 Å². The molecule has 1 rings (SSSR count). The molecule has 2 unspecified atom stereocenters. The van der Waals surface area contributed by atoms with Crippen LogP contribution in [-0.4, -0.2) is 25.0 Å². The third-order valence-electron chi connectivity index (χ3n) is 2.13. The molecule has 0 aromatic carbocycles. The smallest absolute Gasteiger partial charge is 0.431 e. The largest absolute Gasteiger partial charge is 0.510 e. The second kappa shape index (κ2) is 5.07. The van der Waals surface area contributed by atoms with Crippen molar-refractivity contribution in [2.24, 2.45) is 0 Å². The Balaban J connectivity index is 2.16. The van der Waals surface area contributed by atoms with Crippen LogP contribution in [0.1, 0.15) is 33.1 Å². The van der Waals surface area contributed by atoms with Crippen LogP contribution in [0.4, 0.5) is 4.79 Å². The normalized spacial score (nSPS) is 24.0. The number of nitrogens with one attached hydrogen (secondary N) is 1. The van der Waals surface area contributed by atoms with E-state index < -0.39 is 6.16 Å². The monoisotopic (exact) mass is 187 g/mol. The average Bonchev–Trinajstić information content (AvgIpc) is 2.56. The molecule has 76 valence electrons. The molecule has 2 atom stereocenters. The molecule has 0 radical (unpaired) electrons. The van der Waals surface area contributed by atoms with Gasteiger partial charge in [-0.2, -0.15) is 0 Å². The van der Waals surface area contributed by atoms with Crippen molar-refractivity contribution in [1.29, 1.82) is 0 Å². The molecule has 1 N–H and O–H groups in total. The van der Waals surface area contributed by atoms with Crippen LogP contribution in [0.5, 0.6) is 0 Å². The lowest BCUT2D eigenvalue weighted by Gasteiger charge is -2.14. The van der Waals surface area contributed by atoms with E-state index in [0.717, 1.165) is 25.8 Å². The van der Waals surface area contributed by atoms with Gasteiger partial charge in [0.2, 0.25) is 0 Å². The summed E-state index contributed by atoms with van der Waals surface area (Å²) < 4.78 is 9.97. The zero-order chi connectivity index (χ0) is 9.68. The van der Waals surface area contributed by atoms with Crippen molar-refractivity contribution in [2.75, 3.05) is 6.54 Å². The molecule has 0 aromatic heterocycles. The quantitative estimate of drug-likeness (QED) is 0.682. The number of hydrogen-bond acceptors (Lipinski definition) is 4. The average molecular weight is 187 g/mol. The highest BCUT2D eigenvalue weighted by molar-refractivity contribution is 5.60. The van der Waals surface area contributed by atoms with Crippen LogP contribution in [0, 0.1) is 0 Å². The Labute approximate surface area is 78.6 Å². The molecule has 4 nitrogen and oxygen atoms in total. The Bertz CT molecular complexity index is 166. The first-order valence-electron chi connectivity index (χ1n) is 4.83. The van der Waals surface area contributed by atoms with Gasteiger partial charge < -0.3 is 9.47 Å². The number of carbonyl (C=O) groups is 1. The van der Waals surface area contributed by atoms with Crippen molar-refractivity contribution < 1.29 is 14.3 Å². The second-order valence-electron chi connectivity index (χ2n) is 3.29. The lowest BCUT2D eigenvalue weighted by Crippen LogP contribution is -2.29. The van der Waals surface area contributed by atoms with E-state index in [-0.39, 0.29) is 12.3 Å². The molecule has 0 aliphatic carbocycles. The minimum absolute atomic E-state index is 0.0612. The Morgan fingerprint density at radius 3 is 3.00 bits per heavy atom. The first-order chi connectivity index (χ1) is 6.22. The zero-order valence-electron chi connectivity index (χ0n) is 8.21. The van der Waals surface area contributed by atoms with E-state index in [1.807, 2.05) is 13.8 Å². The Morgan fingerprint density at radius 1 is 1.69 bits per heavy atom. The van der Waals surface area contributed by atoms with Crippen molar-refractivity contribution >= 4 is 6.16 Å². The molecule has 0 amide bonds. The van der Waals surface area contributed by atoms with Gasteiger partial charge in [-0.3, -0.25) is 5.32 Å². The summed E-state index contributed by atoms with van der Waals surface area (Å²) in [6.07, 6.45) is 1.99. The van der Waals surface area contributed by atoms with Gasteiger partial charge in [0.05, 0.1) is 0 Å². The Morgan fingerprint density at radius 2 is 2.46 bits per heavy atom. The predicted octanol–water partition coefficient (Wildman–Crippen LogP) is 1.65. The van der Waals surface area contributed by atoms with Crippen LogP contribution in [0.25, 0.3) is 0 Å². The summed E-state index contributed by atoms with van der Waals surface area (Å²) in [5, 5.41) is 3.06. The third kappa shape index (κ3) is 3.63. The minimum atomic E-state index is -0.561. The standard InChI is InChI=1S/C9H17NO3/c1-3-7(2)12-9(11)13-8-5-4-6-10-8/h7-8,10H,3-6H2,1-2H3. The fourth-order valence-electron chi connectivity index (χ4n) is 1.14. The topological polar surface area (TPSA) is 47.6 Å². The molecule has 4 heteroatoms. The summed E-state index contributed by atoms with van der Waals surface area (Å²) in [4.78, 5) is 11.1. The van der Waals surface area contributed by atoms with Crippen molar-refractivity contribution in [3.63, 3.8) is 0 Å². The van der Waals surface area contributed by atoms with Gasteiger partial charge in [-0.15, -0.1) is 0 Å². The maximum absolute atomic E-state index is 11.1. The molecule has 1 aliphatic rings. The Kier molecular flexibility index (Phi) is 4.02. The fourth-order valence-corrected chi connectivity index (χ4v) is 1.14. The summed E-state index contributed by atoms with van der Waals surface area (Å²) in [5.41, 5.74) is 0. The van der Waals surface area contributed by atoms with Crippen LogP contribution >= 0.6 is 0 Å². The molecule has 0 aromatic rings. The van der Waals surface area contributed by atoms with Crippen molar-refractivity contribution in [2.45, 2.75) is 45.4 Å². The van der Waals surface area contributed by atoms with E-state index in [9.17, 15) is 4.79 Å². The van der Waals surface area contributed by atoms with Gasteiger partial charge >= 0.3 is 6.16 Å². The first-order valence-corrected chi connectivity index (χ1v) is 4.83. The van der Waals surface area contributed by atoms with Gasteiger partial charge in [0.1, 0.15) is 6.10 Å². The van der Waals surface area contributed by atoms with Crippen molar-refractivity contribution in [3.8, 4) is 0 Å². The lowest BCUT2D eigenvalue weighted by molar-refractivity contribution is -0.00175. The van der Waals surface area contributed by atoms with E-state index in [1.165, 1.54) is 0 Å². The molecule has 13 heavy (non-hydrogen) atoms. The van der Waals surface area contributed by atoms with Gasteiger partial charge in [0.15, 0.2) is 6.23 Å². The van der Waals surface area contributed by atoms with Gasteiger partial charge in [-0.1, -0.05) is 6.92 Å². The fraction of sp³-hybridized carbons (Fsp3) is 0.889. The highest BCUT2D eigenvalue weighted by Crippen LogP contribution is 2.08. The molecular formula is C9H17NO3. The van der Waals surface area contributed by atoms with Crippen LogP contribution in [0.3, 0.4) is 0 Å². The van der Waals surface area contributed by atoms with Crippen LogP contribution in [-0.2, 0) is 9.47 Å². The molecule has 1 fully saturated rings. The van der Waals surface area contributed by atoms with Gasteiger partial charge in [0.25, 0.3) is 0 Å². The van der Waals surface area contributed by atoms with Crippen molar-refractivity contribution in [1.82, 2.24) is 5.32 Å². The molecular weight excluding hydrogens is 170 g/mol. The van der Waals surface area contributed by atoms with Crippen LogP contribution in [0.2, 0.25) is 0 Å². The Hall–Kier alpha value is -0.770.